The summed E-state index contributed by atoms with van der Waals surface area (Å²) < 4.78 is 15.9. The Morgan fingerprint density at radius 3 is 2.09 bits per heavy atom. The van der Waals surface area contributed by atoms with Crippen LogP contribution in [0.4, 0.5) is 0 Å². The van der Waals surface area contributed by atoms with Gasteiger partial charge in [0, 0.05) is 29.8 Å². The maximum Gasteiger partial charge on any atom is 0.254 e. The fourth-order valence-electron chi connectivity index (χ4n) is 3.90. The molecule has 0 fully saturated rings. The lowest BCUT2D eigenvalue weighted by molar-refractivity contribution is 0.0728. The molecular weight excluding hydrogens is 444 g/mol. The van der Waals surface area contributed by atoms with Gasteiger partial charge in [-0.2, -0.15) is 0 Å². The van der Waals surface area contributed by atoms with Gasteiger partial charge in [0.25, 0.3) is 11.5 Å². The van der Waals surface area contributed by atoms with Crippen molar-refractivity contribution in [2.45, 2.75) is 20.0 Å². The number of aryl methyl sites for hydroxylation is 1. The van der Waals surface area contributed by atoms with Crippen molar-refractivity contribution in [1.29, 1.82) is 0 Å². The predicted molar refractivity (Wildman–Crippen MR) is 135 cm³/mol. The van der Waals surface area contributed by atoms with Crippen molar-refractivity contribution in [2.24, 2.45) is 0 Å². The van der Waals surface area contributed by atoms with E-state index in [4.69, 9.17) is 14.2 Å². The van der Waals surface area contributed by atoms with Gasteiger partial charge in [0.05, 0.1) is 33.4 Å². The van der Waals surface area contributed by atoms with Gasteiger partial charge in [-0.15, -0.1) is 0 Å². The average Bonchev–Trinajstić information content (AvgIpc) is 2.88. The van der Waals surface area contributed by atoms with Crippen LogP contribution >= 0.6 is 0 Å². The summed E-state index contributed by atoms with van der Waals surface area (Å²) >= 11 is 0. The van der Waals surface area contributed by atoms with E-state index in [1.165, 1.54) is 14.2 Å². The Kier molecular flexibility index (Phi) is 7.06. The zero-order chi connectivity index (χ0) is 24.9. The maximum atomic E-state index is 13.7. The number of carbonyl (C=O) groups is 1. The molecule has 0 saturated carbocycles. The van der Waals surface area contributed by atoms with Gasteiger partial charge < -0.3 is 24.1 Å². The van der Waals surface area contributed by atoms with Crippen LogP contribution in [0, 0.1) is 6.92 Å². The van der Waals surface area contributed by atoms with Crippen molar-refractivity contribution in [3.05, 3.63) is 99.3 Å². The number of methoxy groups -OCH3 is 3. The van der Waals surface area contributed by atoms with Crippen LogP contribution in [-0.4, -0.2) is 37.1 Å². The van der Waals surface area contributed by atoms with Crippen LogP contribution in [0.2, 0.25) is 0 Å². The van der Waals surface area contributed by atoms with E-state index in [0.717, 1.165) is 16.5 Å². The lowest BCUT2D eigenvalue weighted by Crippen LogP contribution is -2.32. The van der Waals surface area contributed by atoms with Crippen molar-refractivity contribution in [3.8, 4) is 17.2 Å². The summed E-state index contributed by atoms with van der Waals surface area (Å²) in [6.07, 6.45) is 0. The maximum absolute atomic E-state index is 13.7. The minimum Gasteiger partial charge on any atom is -0.497 e. The van der Waals surface area contributed by atoms with Gasteiger partial charge in [0.2, 0.25) is 0 Å². The minimum atomic E-state index is -0.254. The van der Waals surface area contributed by atoms with Gasteiger partial charge in [-0.1, -0.05) is 29.8 Å². The molecule has 3 aromatic carbocycles. The van der Waals surface area contributed by atoms with Gasteiger partial charge in [-0.3, -0.25) is 9.59 Å². The topological polar surface area (TPSA) is 80.9 Å². The first-order chi connectivity index (χ1) is 16.9. The Morgan fingerprint density at radius 1 is 0.800 bits per heavy atom. The van der Waals surface area contributed by atoms with Crippen molar-refractivity contribution in [2.75, 3.05) is 21.3 Å². The van der Waals surface area contributed by atoms with Gasteiger partial charge >= 0.3 is 0 Å². The third-order valence-corrected chi connectivity index (χ3v) is 5.87. The highest BCUT2D eigenvalue weighted by atomic mass is 16.5. The molecule has 1 amide bonds. The molecule has 1 heterocycles. The molecule has 0 unspecified atom stereocenters. The number of hydrogen-bond acceptors (Lipinski definition) is 5. The predicted octanol–water partition coefficient (Wildman–Crippen LogP) is 4.70. The van der Waals surface area contributed by atoms with Crippen molar-refractivity contribution in [3.63, 3.8) is 0 Å². The third kappa shape index (κ3) is 5.46. The van der Waals surface area contributed by atoms with Crippen LogP contribution in [0.1, 0.15) is 27.0 Å². The van der Waals surface area contributed by atoms with Crippen LogP contribution in [0.3, 0.4) is 0 Å². The van der Waals surface area contributed by atoms with E-state index in [-0.39, 0.29) is 18.0 Å². The molecule has 4 aromatic rings. The Labute approximate surface area is 203 Å². The Hall–Kier alpha value is -4.26. The molecule has 1 aromatic heterocycles. The molecule has 0 aliphatic rings. The molecule has 0 aliphatic heterocycles. The van der Waals surface area contributed by atoms with Gasteiger partial charge in [0.15, 0.2) is 0 Å². The van der Waals surface area contributed by atoms with E-state index in [2.05, 4.69) is 4.98 Å². The fourth-order valence-corrected chi connectivity index (χ4v) is 3.90. The largest absolute Gasteiger partial charge is 0.497 e. The molecule has 4 rings (SSSR count). The summed E-state index contributed by atoms with van der Waals surface area (Å²) in [7, 11) is 4.66. The van der Waals surface area contributed by atoms with Crippen molar-refractivity contribution >= 4 is 16.8 Å². The molecule has 7 heteroatoms. The van der Waals surface area contributed by atoms with Crippen LogP contribution in [0.25, 0.3) is 10.9 Å². The fraction of sp³-hybridized carbons (Fsp3) is 0.214. The van der Waals surface area contributed by atoms with Gasteiger partial charge in [-0.25, -0.2) is 0 Å². The number of aromatic amines is 1. The highest BCUT2D eigenvalue weighted by molar-refractivity contribution is 5.95. The molecule has 0 spiro atoms. The molecule has 0 saturated heterocycles. The first-order valence-electron chi connectivity index (χ1n) is 11.2. The zero-order valence-electron chi connectivity index (χ0n) is 20.3. The van der Waals surface area contributed by atoms with E-state index >= 15 is 0 Å². The second-order valence-electron chi connectivity index (χ2n) is 8.33. The van der Waals surface area contributed by atoms with Crippen LogP contribution in [0.15, 0.2) is 71.5 Å². The Morgan fingerprint density at radius 2 is 1.46 bits per heavy atom. The molecule has 0 bridgehead atoms. The van der Waals surface area contributed by atoms with Crippen LogP contribution in [-0.2, 0) is 13.1 Å². The minimum absolute atomic E-state index is 0.129. The summed E-state index contributed by atoms with van der Waals surface area (Å²) in [5.41, 5.74) is 3.40. The molecule has 35 heavy (non-hydrogen) atoms. The number of fused-ring (bicyclic) bond motifs is 1. The van der Waals surface area contributed by atoms with E-state index < -0.39 is 0 Å². The number of nitrogens with zero attached hydrogens (tertiary/aromatic N) is 1. The molecular formula is C28H28N2O5. The normalized spacial score (nSPS) is 10.7. The lowest BCUT2D eigenvalue weighted by Gasteiger charge is -2.24. The second-order valence-corrected chi connectivity index (χ2v) is 8.33. The van der Waals surface area contributed by atoms with Crippen LogP contribution in [0.5, 0.6) is 17.2 Å². The highest BCUT2D eigenvalue weighted by Crippen LogP contribution is 2.25. The Balaban J connectivity index is 1.73. The smallest absolute Gasteiger partial charge is 0.254 e. The molecule has 180 valence electrons. The van der Waals surface area contributed by atoms with Gasteiger partial charge in [-0.05, 0) is 48.2 Å². The quantitative estimate of drug-likeness (QED) is 0.402. The number of carbonyl (C=O) groups excluding carboxylic acids is 1. The number of benzene rings is 3. The molecule has 1 N–H and O–H groups in total. The van der Waals surface area contributed by atoms with E-state index in [9.17, 15) is 9.59 Å². The molecule has 7 nitrogen and oxygen atoms in total. The number of pyridine rings is 1. The van der Waals surface area contributed by atoms with Crippen molar-refractivity contribution < 1.29 is 19.0 Å². The van der Waals surface area contributed by atoms with E-state index in [1.54, 1.807) is 36.3 Å². The third-order valence-electron chi connectivity index (χ3n) is 5.87. The van der Waals surface area contributed by atoms with E-state index in [0.29, 0.717) is 40.4 Å². The Bertz CT molecular complexity index is 1390. The molecule has 0 aliphatic carbocycles. The standard InChI is InChI=1S/C28H28N2O5/c1-18-5-7-19(8-6-18)16-30(28(32)21-12-24(34-3)14-25(13-21)35-4)17-22-11-20-9-10-23(33-2)15-26(20)29-27(22)31/h5-15H,16-17H2,1-4H3,(H,29,31). The molecule has 0 atom stereocenters. The van der Waals surface area contributed by atoms with E-state index in [1.807, 2.05) is 49.4 Å². The SMILES string of the molecule is COc1cc(OC)cc(C(=O)N(Cc2ccc(C)cc2)Cc2cc3ccc(OC)cc3[nH]c2=O)c1. The number of rotatable bonds is 8. The number of ether oxygens (including phenoxy) is 3. The summed E-state index contributed by atoms with van der Waals surface area (Å²) in [4.78, 5) is 31.2. The van der Waals surface area contributed by atoms with Gasteiger partial charge in [0.1, 0.15) is 17.2 Å². The number of hydrogen-bond donors (Lipinski definition) is 1. The molecule has 0 radical (unpaired) electrons. The summed E-state index contributed by atoms with van der Waals surface area (Å²) in [6, 6.07) is 20.3. The number of aromatic nitrogens is 1. The number of amides is 1. The monoisotopic (exact) mass is 472 g/mol. The zero-order valence-corrected chi connectivity index (χ0v) is 20.3. The first-order valence-corrected chi connectivity index (χ1v) is 11.2. The summed E-state index contributed by atoms with van der Waals surface area (Å²) in [6.45, 7) is 2.47. The second kappa shape index (κ2) is 10.3. The highest BCUT2D eigenvalue weighted by Gasteiger charge is 2.20. The first kappa shape index (κ1) is 23.9. The lowest BCUT2D eigenvalue weighted by atomic mass is 10.1. The summed E-state index contributed by atoms with van der Waals surface area (Å²) in [5, 5.41) is 0.853. The summed E-state index contributed by atoms with van der Waals surface area (Å²) in [5.74, 6) is 1.45. The van der Waals surface area contributed by atoms with Crippen molar-refractivity contribution in [1.82, 2.24) is 9.88 Å². The number of H-pyrrole nitrogens is 1. The number of nitrogens with one attached hydrogen (secondary N) is 1. The average molecular weight is 473 g/mol. The van der Waals surface area contributed by atoms with Crippen LogP contribution < -0.4 is 19.8 Å².